The Hall–Kier alpha value is -1.46. The maximum Gasteiger partial charge on any atom is 0.321 e. The molecule has 1 aromatic rings. The van der Waals surface area contributed by atoms with Crippen molar-refractivity contribution in [3.05, 3.63) is 23.2 Å². The number of benzene rings is 1. The number of rotatable bonds is 2. The van der Waals surface area contributed by atoms with E-state index in [0.29, 0.717) is 30.2 Å². The smallest absolute Gasteiger partial charge is 0.321 e. The molecule has 2 rings (SSSR count). The Morgan fingerprint density at radius 2 is 2.26 bits per heavy atom. The highest BCUT2D eigenvalue weighted by molar-refractivity contribution is 6.31. The second kappa shape index (κ2) is 5.67. The fraction of sp³-hybridized carbons (Fsp3) is 0.462. The summed E-state index contributed by atoms with van der Waals surface area (Å²) in [5.74, 6) is 0. The Bertz CT molecular complexity index is 479. The molecule has 1 atom stereocenters. The van der Waals surface area contributed by atoms with Gasteiger partial charge in [0.05, 0.1) is 17.5 Å². The van der Waals surface area contributed by atoms with Gasteiger partial charge in [-0.25, -0.2) is 4.79 Å². The predicted molar refractivity (Wildman–Crippen MR) is 77.0 cm³/mol. The fourth-order valence-corrected chi connectivity index (χ4v) is 2.29. The van der Waals surface area contributed by atoms with E-state index in [4.69, 9.17) is 11.6 Å². The van der Waals surface area contributed by atoms with Crippen molar-refractivity contribution < 1.29 is 9.90 Å². The van der Waals surface area contributed by atoms with Crippen LogP contribution < -0.4 is 10.2 Å². The third-order valence-electron chi connectivity index (χ3n) is 3.13. The summed E-state index contributed by atoms with van der Waals surface area (Å²) in [5, 5.41) is 12.9. The fourth-order valence-electron chi connectivity index (χ4n) is 2.12. The molecule has 104 valence electrons. The van der Waals surface area contributed by atoms with Crippen molar-refractivity contribution in [2.45, 2.75) is 12.5 Å². The molecule has 1 aliphatic heterocycles. The number of hydrogen-bond donors (Lipinski definition) is 2. The molecule has 0 spiro atoms. The SMILES string of the molecule is CN(C)c1ccc(Cl)cc1NC(=O)N1CC[C@H](O)C1. The molecular weight excluding hydrogens is 266 g/mol. The van der Waals surface area contributed by atoms with Gasteiger partial charge in [0, 0.05) is 32.2 Å². The minimum atomic E-state index is -0.418. The van der Waals surface area contributed by atoms with Crippen molar-refractivity contribution in [2.75, 3.05) is 37.4 Å². The van der Waals surface area contributed by atoms with Crippen LogP contribution in [0.3, 0.4) is 0 Å². The summed E-state index contributed by atoms with van der Waals surface area (Å²) in [7, 11) is 3.80. The van der Waals surface area contributed by atoms with E-state index in [1.54, 1.807) is 17.0 Å². The van der Waals surface area contributed by atoms with Crippen LogP contribution in [-0.2, 0) is 0 Å². The first kappa shape index (κ1) is 14.0. The standard InChI is InChI=1S/C13H18ClN3O2/c1-16(2)12-4-3-9(14)7-11(12)15-13(19)17-6-5-10(18)8-17/h3-4,7,10,18H,5-6,8H2,1-2H3,(H,15,19)/t10-/m0/s1. The van der Waals surface area contributed by atoms with Crippen LogP contribution in [0.2, 0.25) is 5.02 Å². The lowest BCUT2D eigenvalue weighted by atomic mass is 10.2. The molecule has 1 heterocycles. The van der Waals surface area contributed by atoms with Crippen molar-refractivity contribution >= 4 is 29.0 Å². The van der Waals surface area contributed by atoms with Crippen LogP contribution in [0, 0.1) is 0 Å². The molecule has 1 aliphatic rings. The molecule has 1 saturated heterocycles. The van der Waals surface area contributed by atoms with Crippen LogP contribution in [0.25, 0.3) is 0 Å². The summed E-state index contributed by atoms with van der Waals surface area (Å²) in [4.78, 5) is 15.6. The third kappa shape index (κ3) is 3.30. The Labute approximate surface area is 117 Å². The first-order valence-corrected chi connectivity index (χ1v) is 6.56. The number of aliphatic hydroxyl groups excluding tert-OH is 1. The Kier molecular flexibility index (Phi) is 4.17. The number of nitrogens with one attached hydrogen (secondary N) is 1. The molecule has 1 fully saturated rings. The average molecular weight is 284 g/mol. The van der Waals surface area contributed by atoms with Gasteiger partial charge < -0.3 is 20.2 Å². The average Bonchev–Trinajstić information content (AvgIpc) is 2.75. The number of aliphatic hydroxyl groups is 1. The first-order chi connectivity index (χ1) is 8.97. The number of anilines is 2. The molecule has 0 aliphatic carbocycles. The van der Waals surface area contributed by atoms with Gasteiger partial charge in [0.1, 0.15) is 0 Å². The number of likely N-dealkylation sites (tertiary alicyclic amines) is 1. The molecule has 1 aromatic carbocycles. The molecule has 2 amide bonds. The van der Waals surface area contributed by atoms with Crippen LogP contribution in [-0.4, -0.2) is 49.3 Å². The van der Waals surface area contributed by atoms with E-state index >= 15 is 0 Å². The zero-order valence-corrected chi connectivity index (χ0v) is 11.8. The van der Waals surface area contributed by atoms with Gasteiger partial charge in [-0.2, -0.15) is 0 Å². The second-order valence-electron chi connectivity index (χ2n) is 4.87. The lowest BCUT2D eigenvalue weighted by molar-refractivity contribution is 0.176. The number of β-amino-alcohol motifs (C(OH)–C–C–N with tert-alkyl or cyclic N) is 1. The van der Waals surface area contributed by atoms with E-state index in [-0.39, 0.29) is 6.03 Å². The van der Waals surface area contributed by atoms with E-state index in [9.17, 15) is 9.90 Å². The van der Waals surface area contributed by atoms with Crippen molar-refractivity contribution in [2.24, 2.45) is 0 Å². The Morgan fingerprint density at radius 3 is 2.84 bits per heavy atom. The van der Waals surface area contributed by atoms with Gasteiger partial charge in [-0.1, -0.05) is 11.6 Å². The van der Waals surface area contributed by atoms with Gasteiger partial charge in [0.25, 0.3) is 0 Å². The van der Waals surface area contributed by atoms with Crippen molar-refractivity contribution in [1.29, 1.82) is 0 Å². The van der Waals surface area contributed by atoms with Crippen molar-refractivity contribution in [3.63, 3.8) is 0 Å². The molecule has 6 heteroatoms. The van der Waals surface area contributed by atoms with Crippen molar-refractivity contribution in [3.8, 4) is 0 Å². The lowest BCUT2D eigenvalue weighted by Crippen LogP contribution is -2.34. The van der Waals surface area contributed by atoms with Crippen LogP contribution in [0.15, 0.2) is 18.2 Å². The molecular formula is C13H18ClN3O2. The highest BCUT2D eigenvalue weighted by Crippen LogP contribution is 2.28. The summed E-state index contributed by atoms with van der Waals surface area (Å²) < 4.78 is 0. The van der Waals surface area contributed by atoms with Gasteiger partial charge in [-0.3, -0.25) is 0 Å². The maximum absolute atomic E-state index is 12.1. The largest absolute Gasteiger partial charge is 0.391 e. The zero-order valence-electron chi connectivity index (χ0n) is 11.1. The number of halogens is 1. The number of carbonyl (C=O) groups is 1. The summed E-state index contributed by atoms with van der Waals surface area (Å²) in [6.45, 7) is 0.953. The minimum Gasteiger partial charge on any atom is -0.391 e. The molecule has 0 saturated carbocycles. The summed E-state index contributed by atoms with van der Waals surface area (Å²) in [6.07, 6.45) is 0.210. The lowest BCUT2D eigenvalue weighted by Gasteiger charge is -2.21. The summed E-state index contributed by atoms with van der Waals surface area (Å²) in [6, 6.07) is 5.16. The molecule has 0 unspecified atom stereocenters. The predicted octanol–water partition coefficient (Wildman–Crippen LogP) is 2.00. The number of urea groups is 1. The minimum absolute atomic E-state index is 0.207. The normalized spacial score (nSPS) is 18.5. The molecule has 0 aromatic heterocycles. The molecule has 2 N–H and O–H groups in total. The van der Waals surface area contributed by atoms with Gasteiger partial charge >= 0.3 is 6.03 Å². The number of hydrogen-bond acceptors (Lipinski definition) is 3. The van der Waals surface area contributed by atoms with E-state index in [0.717, 1.165) is 5.69 Å². The quantitative estimate of drug-likeness (QED) is 0.873. The van der Waals surface area contributed by atoms with E-state index in [1.807, 2.05) is 25.1 Å². The molecule has 19 heavy (non-hydrogen) atoms. The van der Waals surface area contributed by atoms with E-state index in [1.165, 1.54) is 0 Å². The van der Waals surface area contributed by atoms with Crippen LogP contribution in [0.4, 0.5) is 16.2 Å². The highest BCUT2D eigenvalue weighted by Gasteiger charge is 2.25. The maximum atomic E-state index is 12.1. The molecule has 0 radical (unpaired) electrons. The van der Waals surface area contributed by atoms with Crippen LogP contribution in [0.1, 0.15) is 6.42 Å². The summed E-state index contributed by atoms with van der Waals surface area (Å²) >= 11 is 5.96. The topological polar surface area (TPSA) is 55.8 Å². The Balaban J connectivity index is 2.14. The number of nitrogens with zero attached hydrogens (tertiary/aromatic N) is 2. The zero-order chi connectivity index (χ0) is 14.0. The highest BCUT2D eigenvalue weighted by atomic mass is 35.5. The van der Waals surface area contributed by atoms with Gasteiger partial charge in [-0.05, 0) is 24.6 Å². The number of carbonyl (C=O) groups excluding carboxylic acids is 1. The first-order valence-electron chi connectivity index (χ1n) is 6.18. The second-order valence-corrected chi connectivity index (χ2v) is 5.31. The van der Waals surface area contributed by atoms with Crippen LogP contribution >= 0.6 is 11.6 Å². The molecule has 5 nitrogen and oxygen atoms in total. The third-order valence-corrected chi connectivity index (χ3v) is 3.37. The van der Waals surface area contributed by atoms with E-state index < -0.39 is 6.10 Å². The summed E-state index contributed by atoms with van der Waals surface area (Å²) in [5.41, 5.74) is 1.56. The van der Waals surface area contributed by atoms with Crippen molar-refractivity contribution in [1.82, 2.24) is 4.90 Å². The van der Waals surface area contributed by atoms with Gasteiger partial charge in [-0.15, -0.1) is 0 Å². The molecule has 0 bridgehead atoms. The van der Waals surface area contributed by atoms with Crippen LogP contribution in [0.5, 0.6) is 0 Å². The van der Waals surface area contributed by atoms with E-state index in [2.05, 4.69) is 5.32 Å². The Morgan fingerprint density at radius 1 is 1.53 bits per heavy atom. The monoisotopic (exact) mass is 283 g/mol. The number of amides is 2. The van der Waals surface area contributed by atoms with Gasteiger partial charge in [0.2, 0.25) is 0 Å². The van der Waals surface area contributed by atoms with Gasteiger partial charge in [0.15, 0.2) is 0 Å².